The van der Waals surface area contributed by atoms with Crippen LogP contribution in [0.4, 0.5) is 5.69 Å². The van der Waals surface area contributed by atoms with Crippen LogP contribution >= 0.6 is 0 Å². The first kappa shape index (κ1) is 15.3. The van der Waals surface area contributed by atoms with Crippen molar-refractivity contribution in [3.63, 3.8) is 0 Å². The Morgan fingerprint density at radius 3 is 2.76 bits per heavy atom. The number of hydrogen-bond acceptors (Lipinski definition) is 5. The smallest absolute Gasteiger partial charge is 0.249 e. The number of aliphatic hydroxyl groups is 1. The van der Waals surface area contributed by atoms with E-state index < -0.39 is 12.1 Å². The van der Waals surface area contributed by atoms with Crippen molar-refractivity contribution >= 4 is 17.5 Å². The van der Waals surface area contributed by atoms with Crippen molar-refractivity contribution in [1.82, 2.24) is 5.32 Å². The second-order valence-electron chi connectivity index (χ2n) is 5.03. The number of carbonyl (C=O) groups is 2. The molecule has 2 atom stereocenters. The van der Waals surface area contributed by atoms with E-state index in [1.165, 1.54) is 7.11 Å². The Bertz CT molecular complexity index is 557. The lowest BCUT2D eigenvalue weighted by Gasteiger charge is -2.37. The van der Waals surface area contributed by atoms with Gasteiger partial charge in [0, 0.05) is 11.3 Å². The molecule has 0 aliphatic carbocycles. The third kappa shape index (κ3) is 2.85. The zero-order chi connectivity index (χ0) is 15.6. The average Bonchev–Trinajstić information content (AvgIpc) is 2.45. The second kappa shape index (κ2) is 6.13. The normalized spacial score (nSPS) is 20.2. The molecule has 2 amide bonds. The van der Waals surface area contributed by atoms with Crippen molar-refractivity contribution < 1.29 is 19.4 Å². The summed E-state index contributed by atoms with van der Waals surface area (Å²) < 4.78 is 5.29. The van der Waals surface area contributed by atoms with Crippen LogP contribution in [0.3, 0.4) is 0 Å². The lowest BCUT2D eigenvalue weighted by Crippen LogP contribution is -2.58. The first-order chi connectivity index (χ1) is 9.99. The summed E-state index contributed by atoms with van der Waals surface area (Å²) in [6.45, 7) is 3.60. The number of benzene rings is 1. The molecule has 0 spiro atoms. The van der Waals surface area contributed by atoms with Crippen LogP contribution in [0.25, 0.3) is 0 Å². The molecule has 0 aromatic heterocycles. The van der Waals surface area contributed by atoms with E-state index in [0.717, 1.165) is 0 Å². The number of nitrogens with zero attached hydrogens (tertiary/aromatic N) is 1. The molecule has 2 rings (SSSR count). The molecule has 0 radical (unpaired) electrons. The van der Waals surface area contributed by atoms with E-state index in [0.29, 0.717) is 23.4 Å². The van der Waals surface area contributed by atoms with Crippen LogP contribution in [0.2, 0.25) is 0 Å². The van der Waals surface area contributed by atoms with Gasteiger partial charge in [0.25, 0.3) is 0 Å². The highest BCUT2D eigenvalue weighted by molar-refractivity contribution is 6.04. The van der Waals surface area contributed by atoms with Gasteiger partial charge in [0.2, 0.25) is 11.8 Å². The van der Waals surface area contributed by atoms with Crippen LogP contribution in [0, 0.1) is 0 Å². The van der Waals surface area contributed by atoms with Gasteiger partial charge < -0.3 is 14.7 Å². The predicted octanol–water partition coefficient (Wildman–Crippen LogP) is 0.990. The quantitative estimate of drug-likeness (QED) is 0.809. The highest BCUT2D eigenvalue weighted by atomic mass is 16.5. The molecule has 6 nitrogen and oxygen atoms in total. The minimum Gasteiger partial charge on any atom is -0.496 e. The SMILES string of the molecule is CCC1C(=O)NC(=O)CN1c1cccc(OC)c1[C@H](C)O. The molecule has 1 aromatic carbocycles. The van der Waals surface area contributed by atoms with Crippen molar-refractivity contribution in [1.29, 1.82) is 0 Å². The number of hydrogen-bond donors (Lipinski definition) is 2. The van der Waals surface area contributed by atoms with Gasteiger partial charge in [-0.25, -0.2) is 0 Å². The van der Waals surface area contributed by atoms with Gasteiger partial charge in [0.05, 0.1) is 19.8 Å². The molecule has 1 aromatic rings. The monoisotopic (exact) mass is 292 g/mol. The number of nitrogens with one attached hydrogen (secondary N) is 1. The van der Waals surface area contributed by atoms with Crippen molar-refractivity contribution in [2.24, 2.45) is 0 Å². The third-order valence-electron chi connectivity index (χ3n) is 3.63. The van der Waals surface area contributed by atoms with E-state index in [4.69, 9.17) is 4.74 Å². The Morgan fingerprint density at radius 2 is 2.19 bits per heavy atom. The maximum atomic E-state index is 12.0. The Labute approximate surface area is 123 Å². The van der Waals surface area contributed by atoms with Gasteiger partial charge in [-0.05, 0) is 25.5 Å². The van der Waals surface area contributed by atoms with Gasteiger partial charge in [0.1, 0.15) is 11.8 Å². The lowest BCUT2D eigenvalue weighted by atomic mass is 10.0. The molecule has 114 valence electrons. The molecule has 1 unspecified atom stereocenters. The summed E-state index contributed by atoms with van der Waals surface area (Å²) in [5, 5.41) is 12.4. The minimum atomic E-state index is -0.770. The molecule has 21 heavy (non-hydrogen) atoms. The van der Waals surface area contributed by atoms with Gasteiger partial charge in [-0.2, -0.15) is 0 Å². The number of carbonyl (C=O) groups excluding carboxylic acids is 2. The number of amides is 2. The molecule has 1 fully saturated rings. The van der Waals surface area contributed by atoms with E-state index in [1.807, 2.05) is 6.92 Å². The van der Waals surface area contributed by atoms with E-state index in [2.05, 4.69) is 5.32 Å². The Balaban J connectivity index is 2.53. The van der Waals surface area contributed by atoms with Gasteiger partial charge in [-0.3, -0.25) is 14.9 Å². The van der Waals surface area contributed by atoms with Gasteiger partial charge in [-0.1, -0.05) is 13.0 Å². The fraction of sp³-hybridized carbons (Fsp3) is 0.467. The second-order valence-corrected chi connectivity index (χ2v) is 5.03. The van der Waals surface area contributed by atoms with Crippen LogP contribution in [-0.2, 0) is 9.59 Å². The van der Waals surface area contributed by atoms with E-state index >= 15 is 0 Å². The number of aliphatic hydroxyl groups excluding tert-OH is 1. The highest BCUT2D eigenvalue weighted by Crippen LogP contribution is 2.36. The van der Waals surface area contributed by atoms with E-state index in [9.17, 15) is 14.7 Å². The van der Waals surface area contributed by atoms with Crippen LogP contribution in [-0.4, -0.2) is 36.6 Å². The molecule has 2 N–H and O–H groups in total. The fourth-order valence-electron chi connectivity index (χ4n) is 2.71. The third-order valence-corrected chi connectivity index (χ3v) is 3.63. The number of ether oxygens (including phenoxy) is 1. The summed E-state index contributed by atoms with van der Waals surface area (Å²) in [5.74, 6) is -0.118. The average molecular weight is 292 g/mol. The molecular weight excluding hydrogens is 272 g/mol. The summed E-state index contributed by atoms with van der Waals surface area (Å²) in [6.07, 6.45) is -0.205. The van der Waals surface area contributed by atoms with Crippen molar-refractivity contribution in [3.05, 3.63) is 23.8 Å². The predicted molar refractivity (Wildman–Crippen MR) is 78.2 cm³/mol. The molecular formula is C15H20N2O4. The Hall–Kier alpha value is -2.08. The standard InChI is InChI=1S/C15H20N2O4/c1-4-10-15(20)16-13(19)8-17(10)11-6-5-7-12(21-3)14(11)9(2)18/h5-7,9-10,18H,4,8H2,1-3H3,(H,16,19,20)/t9-,10?/m0/s1. The van der Waals surface area contributed by atoms with Crippen LogP contribution < -0.4 is 15.0 Å². The van der Waals surface area contributed by atoms with Crippen molar-refractivity contribution in [2.45, 2.75) is 32.4 Å². The first-order valence-electron chi connectivity index (χ1n) is 6.94. The zero-order valence-corrected chi connectivity index (χ0v) is 12.4. The summed E-state index contributed by atoms with van der Waals surface area (Å²) >= 11 is 0. The minimum absolute atomic E-state index is 0.0805. The summed E-state index contributed by atoms with van der Waals surface area (Å²) in [6, 6.07) is 4.88. The van der Waals surface area contributed by atoms with Crippen molar-refractivity contribution in [2.75, 3.05) is 18.6 Å². The molecule has 0 bridgehead atoms. The summed E-state index contributed by atoms with van der Waals surface area (Å²) in [5.41, 5.74) is 1.24. The molecule has 1 saturated heterocycles. The number of methoxy groups -OCH3 is 1. The molecule has 1 aliphatic heterocycles. The summed E-state index contributed by atoms with van der Waals surface area (Å²) in [4.78, 5) is 25.4. The number of piperazine rings is 1. The van der Waals surface area contributed by atoms with Gasteiger partial charge in [0.15, 0.2) is 0 Å². The van der Waals surface area contributed by atoms with Crippen LogP contribution in [0.5, 0.6) is 5.75 Å². The highest BCUT2D eigenvalue weighted by Gasteiger charge is 2.34. The lowest BCUT2D eigenvalue weighted by molar-refractivity contribution is -0.132. The Kier molecular flexibility index (Phi) is 4.47. The molecule has 1 aliphatic rings. The molecule has 0 saturated carbocycles. The maximum Gasteiger partial charge on any atom is 0.249 e. The van der Waals surface area contributed by atoms with Crippen LogP contribution in [0.1, 0.15) is 31.9 Å². The topological polar surface area (TPSA) is 78.9 Å². The molecule has 6 heteroatoms. The largest absolute Gasteiger partial charge is 0.496 e. The van der Waals surface area contributed by atoms with E-state index in [-0.39, 0.29) is 18.4 Å². The number of imide groups is 1. The zero-order valence-electron chi connectivity index (χ0n) is 12.4. The summed E-state index contributed by atoms with van der Waals surface area (Å²) in [7, 11) is 1.52. The number of anilines is 1. The van der Waals surface area contributed by atoms with Gasteiger partial charge >= 0.3 is 0 Å². The van der Waals surface area contributed by atoms with Crippen molar-refractivity contribution in [3.8, 4) is 5.75 Å². The van der Waals surface area contributed by atoms with Crippen LogP contribution in [0.15, 0.2) is 18.2 Å². The van der Waals surface area contributed by atoms with Gasteiger partial charge in [-0.15, -0.1) is 0 Å². The maximum absolute atomic E-state index is 12.0. The Morgan fingerprint density at radius 1 is 1.48 bits per heavy atom. The fourth-order valence-corrected chi connectivity index (χ4v) is 2.71. The molecule has 1 heterocycles. The first-order valence-corrected chi connectivity index (χ1v) is 6.94. The van der Waals surface area contributed by atoms with E-state index in [1.54, 1.807) is 30.0 Å². The number of rotatable bonds is 4.